The van der Waals surface area contributed by atoms with E-state index in [9.17, 15) is 13.2 Å². The van der Waals surface area contributed by atoms with Crippen LogP contribution in [0.3, 0.4) is 0 Å². The second-order valence-electron chi connectivity index (χ2n) is 8.09. The Morgan fingerprint density at radius 1 is 1.22 bits per heavy atom. The van der Waals surface area contributed by atoms with Gasteiger partial charge in [-0.25, -0.2) is 8.42 Å². The summed E-state index contributed by atoms with van der Waals surface area (Å²) in [6, 6.07) is 8.56. The first kappa shape index (κ1) is 22.4. The van der Waals surface area contributed by atoms with Crippen LogP contribution in [-0.4, -0.2) is 42.9 Å². The number of fused-ring (bicyclic) bond motifs is 1. The van der Waals surface area contributed by atoms with Crippen molar-refractivity contribution in [3.63, 3.8) is 0 Å². The van der Waals surface area contributed by atoms with Gasteiger partial charge in [0.1, 0.15) is 16.3 Å². The van der Waals surface area contributed by atoms with Gasteiger partial charge in [0, 0.05) is 31.7 Å². The molecule has 32 heavy (non-hydrogen) atoms. The Bertz CT molecular complexity index is 1220. The number of aryl methyl sites for hydroxylation is 1. The molecule has 0 spiro atoms. The number of sulfonamides is 1. The molecular formula is C23H29N3O5S. The molecule has 1 aromatic carbocycles. The second-order valence-corrected chi connectivity index (χ2v) is 10.0. The van der Waals surface area contributed by atoms with Crippen LogP contribution in [0, 0.1) is 0 Å². The number of piperidine rings is 1. The van der Waals surface area contributed by atoms with E-state index in [4.69, 9.17) is 9.15 Å². The maximum atomic E-state index is 13.0. The van der Waals surface area contributed by atoms with E-state index in [2.05, 4.69) is 5.32 Å². The molecule has 0 saturated carbocycles. The van der Waals surface area contributed by atoms with E-state index in [1.54, 1.807) is 11.6 Å². The van der Waals surface area contributed by atoms with Crippen LogP contribution in [0.4, 0.5) is 0 Å². The Labute approximate surface area is 188 Å². The maximum Gasteiger partial charge on any atom is 0.268 e. The minimum atomic E-state index is -3.61. The molecule has 0 bridgehead atoms. The molecule has 0 aliphatic carbocycles. The highest BCUT2D eigenvalue weighted by Gasteiger charge is 2.29. The number of nitrogens with one attached hydrogen (secondary N) is 1. The number of nitrogens with zero attached hydrogens (tertiary/aromatic N) is 2. The summed E-state index contributed by atoms with van der Waals surface area (Å²) < 4.78 is 40.6. The third-order valence-corrected chi connectivity index (χ3v) is 7.63. The molecule has 1 aliphatic heterocycles. The molecule has 172 valence electrons. The van der Waals surface area contributed by atoms with Crippen LogP contribution in [-0.2, 0) is 17.1 Å². The normalized spacial score (nSPS) is 16.2. The van der Waals surface area contributed by atoms with Gasteiger partial charge in [-0.2, -0.15) is 4.31 Å². The predicted molar refractivity (Wildman–Crippen MR) is 121 cm³/mol. The van der Waals surface area contributed by atoms with Gasteiger partial charge in [0.05, 0.1) is 12.6 Å². The van der Waals surface area contributed by atoms with Crippen molar-refractivity contribution < 1.29 is 22.4 Å². The lowest BCUT2D eigenvalue weighted by molar-refractivity contribution is 0.0927. The van der Waals surface area contributed by atoms with Crippen LogP contribution in [0.1, 0.15) is 55.4 Å². The number of hydrogen-bond acceptors (Lipinski definition) is 5. The van der Waals surface area contributed by atoms with Crippen LogP contribution in [0.2, 0.25) is 0 Å². The molecule has 1 aliphatic rings. The van der Waals surface area contributed by atoms with Crippen molar-refractivity contribution in [3.05, 3.63) is 48.0 Å². The topological polar surface area (TPSA) is 93.8 Å². The number of hydrogen-bond donors (Lipinski definition) is 1. The Morgan fingerprint density at radius 2 is 1.97 bits per heavy atom. The molecule has 1 amide bonds. The van der Waals surface area contributed by atoms with Crippen LogP contribution in [0.15, 0.2) is 45.8 Å². The lowest BCUT2D eigenvalue weighted by Gasteiger charge is -2.25. The van der Waals surface area contributed by atoms with E-state index in [0.29, 0.717) is 36.8 Å². The van der Waals surface area contributed by atoms with E-state index in [1.165, 1.54) is 16.6 Å². The predicted octanol–water partition coefficient (Wildman–Crippen LogP) is 3.84. The number of furan rings is 1. The van der Waals surface area contributed by atoms with Crippen LogP contribution >= 0.6 is 0 Å². The van der Waals surface area contributed by atoms with Gasteiger partial charge in [-0.1, -0.05) is 18.6 Å². The Hall–Kier alpha value is -2.78. The lowest BCUT2D eigenvalue weighted by Crippen LogP contribution is -2.35. The standard InChI is InChI=1S/C23H29N3O5S/c1-4-30-20-10-8-9-17-13-21(31-22(17)20)16(2)24-23(27)19-14-18(15-25(19)3)32(28,29)26-11-6-5-7-12-26/h8-10,13-16H,4-7,11-12H2,1-3H3,(H,24,27). The first-order valence-electron chi connectivity index (χ1n) is 10.9. The molecule has 0 radical (unpaired) electrons. The lowest BCUT2D eigenvalue weighted by atomic mass is 10.2. The van der Waals surface area contributed by atoms with E-state index < -0.39 is 16.1 Å². The van der Waals surface area contributed by atoms with Crippen molar-refractivity contribution in [1.29, 1.82) is 0 Å². The van der Waals surface area contributed by atoms with E-state index in [-0.39, 0.29) is 16.5 Å². The van der Waals surface area contributed by atoms with Crippen molar-refractivity contribution in [2.45, 2.75) is 44.0 Å². The molecule has 2 aromatic heterocycles. The monoisotopic (exact) mass is 459 g/mol. The zero-order valence-corrected chi connectivity index (χ0v) is 19.4. The SMILES string of the molecule is CCOc1cccc2cc(C(C)NC(=O)c3cc(S(=O)(=O)N4CCCCC4)cn3C)oc12. The summed E-state index contributed by atoms with van der Waals surface area (Å²) in [7, 11) is -1.93. The number of carbonyl (C=O) groups excluding carboxylic acids is 1. The number of rotatable bonds is 7. The fourth-order valence-electron chi connectivity index (χ4n) is 4.04. The van der Waals surface area contributed by atoms with Gasteiger partial charge >= 0.3 is 0 Å². The average molecular weight is 460 g/mol. The van der Waals surface area contributed by atoms with Gasteiger partial charge < -0.3 is 19.0 Å². The summed E-state index contributed by atoms with van der Waals surface area (Å²) in [6.07, 6.45) is 4.26. The largest absolute Gasteiger partial charge is 0.490 e. The summed E-state index contributed by atoms with van der Waals surface area (Å²) in [5, 5.41) is 3.80. The Balaban J connectivity index is 1.53. The number of benzene rings is 1. The Kier molecular flexibility index (Phi) is 6.30. The van der Waals surface area contributed by atoms with E-state index in [0.717, 1.165) is 24.6 Å². The molecule has 1 atom stereocenters. The highest BCUT2D eigenvalue weighted by atomic mass is 32.2. The number of aromatic nitrogens is 1. The van der Waals surface area contributed by atoms with Crippen molar-refractivity contribution in [3.8, 4) is 5.75 Å². The van der Waals surface area contributed by atoms with Gasteiger partial charge in [-0.15, -0.1) is 0 Å². The third-order valence-electron chi connectivity index (χ3n) is 5.77. The molecule has 9 heteroatoms. The van der Waals surface area contributed by atoms with Crippen LogP contribution in [0.5, 0.6) is 5.75 Å². The number of carbonyl (C=O) groups is 1. The van der Waals surface area contributed by atoms with Crippen LogP contribution < -0.4 is 10.1 Å². The van der Waals surface area contributed by atoms with Gasteiger partial charge in [-0.3, -0.25) is 4.79 Å². The van der Waals surface area contributed by atoms with Crippen molar-refractivity contribution in [1.82, 2.24) is 14.2 Å². The van der Waals surface area contributed by atoms with Crippen molar-refractivity contribution in [2.75, 3.05) is 19.7 Å². The molecule has 1 fully saturated rings. The average Bonchev–Trinajstić information content (AvgIpc) is 3.39. The molecule has 8 nitrogen and oxygen atoms in total. The third kappa shape index (κ3) is 4.27. The molecule has 1 N–H and O–H groups in total. The number of ether oxygens (including phenoxy) is 1. The number of para-hydroxylation sites is 1. The fourth-order valence-corrected chi connectivity index (χ4v) is 5.62. The minimum Gasteiger partial charge on any atom is -0.490 e. The van der Waals surface area contributed by atoms with E-state index in [1.807, 2.05) is 38.1 Å². The summed E-state index contributed by atoms with van der Waals surface area (Å²) in [6.45, 7) is 5.30. The van der Waals surface area contributed by atoms with Crippen molar-refractivity contribution >= 4 is 26.9 Å². The molecule has 3 heterocycles. The summed E-state index contributed by atoms with van der Waals surface area (Å²) in [5.74, 6) is 0.881. The smallest absolute Gasteiger partial charge is 0.268 e. The van der Waals surface area contributed by atoms with Gasteiger partial charge in [-0.05, 0) is 44.9 Å². The fraction of sp³-hybridized carbons (Fsp3) is 0.435. The highest BCUT2D eigenvalue weighted by molar-refractivity contribution is 7.89. The molecule has 1 saturated heterocycles. The molecule has 3 aromatic rings. The molecular weight excluding hydrogens is 430 g/mol. The molecule has 4 rings (SSSR count). The van der Waals surface area contributed by atoms with Gasteiger partial charge in [0.15, 0.2) is 11.3 Å². The summed E-state index contributed by atoms with van der Waals surface area (Å²) in [4.78, 5) is 13.1. The zero-order chi connectivity index (χ0) is 22.9. The van der Waals surface area contributed by atoms with Gasteiger partial charge in [0.25, 0.3) is 5.91 Å². The first-order chi connectivity index (χ1) is 15.3. The summed E-state index contributed by atoms with van der Waals surface area (Å²) >= 11 is 0. The summed E-state index contributed by atoms with van der Waals surface area (Å²) in [5.41, 5.74) is 0.915. The highest BCUT2D eigenvalue weighted by Crippen LogP contribution is 2.31. The van der Waals surface area contributed by atoms with E-state index >= 15 is 0 Å². The second kappa shape index (κ2) is 8.99. The quantitative estimate of drug-likeness (QED) is 0.579. The molecule has 1 unspecified atom stereocenters. The van der Waals surface area contributed by atoms with Crippen molar-refractivity contribution in [2.24, 2.45) is 7.05 Å². The Morgan fingerprint density at radius 3 is 2.69 bits per heavy atom. The van der Waals surface area contributed by atoms with Gasteiger partial charge in [0.2, 0.25) is 10.0 Å². The van der Waals surface area contributed by atoms with Crippen LogP contribution in [0.25, 0.3) is 11.0 Å². The number of amides is 1. The minimum absolute atomic E-state index is 0.143. The first-order valence-corrected chi connectivity index (χ1v) is 12.4. The zero-order valence-electron chi connectivity index (χ0n) is 18.6. The maximum absolute atomic E-state index is 13.0.